The van der Waals surface area contributed by atoms with E-state index in [0.29, 0.717) is 41.3 Å². The minimum absolute atomic E-state index is 0.00334. The van der Waals surface area contributed by atoms with E-state index in [0.717, 1.165) is 33.3 Å². The zero-order valence-corrected chi connectivity index (χ0v) is 32.1. The van der Waals surface area contributed by atoms with Gasteiger partial charge in [-0.05, 0) is 89.8 Å². The number of ether oxygens (including phenoxy) is 3. The molecular formula is C40H44ClN7O7. The molecule has 4 aromatic heterocycles. The van der Waals surface area contributed by atoms with E-state index in [-0.39, 0.29) is 30.1 Å². The van der Waals surface area contributed by atoms with E-state index in [1.165, 1.54) is 19.6 Å². The Morgan fingerprint density at radius 3 is 1.91 bits per heavy atom. The van der Waals surface area contributed by atoms with Gasteiger partial charge in [0.25, 0.3) is 11.6 Å². The van der Waals surface area contributed by atoms with Gasteiger partial charge in [-0.2, -0.15) is 0 Å². The number of methoxy groups -OCH3 is 1. The van der Waals surface area contributed by atoms with Crippen molar-refractivity contribution in [2.24, 2.45) is 0 Å². The highest BCUT2D eigenvalue weighted by molar-refractivity contribution is 6.63. The summed E-state index contributed by atoms with van der Waals surface area (Å²) in [6.45, 7) is 8.63. The number of non-ortho nitro benzene ring substituents is 1. The maximum Gasteiger partial charge on any atom is 0.279 e. The van der Waals surface area contributed by atoms with Crippen LogP contribution in [0.5, 0.6) is 11.5 Å². The number of carbonyl (C=O) groups excluding carboxylic acids is 2. The van der Waals surface area contributed by atoms with Gasteiger partial charge in [-0.3, -0.25) is 29.7 Å². The number of nitro benzene ring substituents is 1. The van der Waals surface area contributed by atoms with E-state index in [1.807, 2.05) is 37.3 Å². The first kappa shape index (κ1) is 43.2. The molecule has 4 heterocycles. The molecule has 3 N–H and O–H groups in total. The second-order valence-corrected chi connectivity index (χ2v) is 12.1. The number of amides is 1. The molecule has 0 aliphatic rings. The molecule has 0 saturated heterocycles. The summed E-state index contributed by atoms with van der Waals surface area (Å²) in [5.74, 6) is 1.84. The molecule has 0 aliphatic carbocycles. The topological polar surface area (TPSA) is 195 Å². The Kier molecular flexibility index (Phi) is 17.8. The number of hydrogen-bond acceptors (Lipinski definition) is 12. The third kappa shape index (κ3) is 13.9. The molecule has 1 amide bonds. The number of pyridine rings is 4. The number of nitrogen functional groups attached to an aromatic ring is 1. The van der Waals surface area contributed by atoms with Crippen LogP contribution in [0.15, 0.2) is 97.6 Å². The van der Waals surface area contributed by atoms with Crippen molar-refractivity contribution in [3.8, 4) is 11.5 Å². The largest absolute Gasteiger partial charge is 0.487 e. The van der Waals surface area contributed by atoms with Gasteiger partial charge in [0.15, 0.2) is 0 Å². The summed E-state index contributed by atoms with van der Waals surface area (Å²) in [5.41, 5.74) is 9.82. The first-order valence-electron chi connectivity index (χ1n) is 17.3. The summed E-state index contributed by atoms with van der Waals surface area (Å²) in [6.07, 6.45) is 8.24. The average molecular weight is 770 g/mol. The molecule has 288 valence electrons. The Labute approximate surface area is 324 Å². The quantitative estimate of drug-likeness (QED) is 0.0727. The highest BCUT2D eigenvalue weighted by atomic mass is 35.5. The van der Waals surface area contributed by atoms with Crippen LogP contribution in [-0.4, -0.2) is 49.7 Å². The molecule has 15 heteroatoms. The number of nitro groups is 1. The van der Waals surface area contributed by atoms with E-state index >= 15 is 0 Å². The Bertz CT molecular complexity index is 2190. The lowest BCUT2D eigenvalue weighted by Gasteiger charge is -2.11. The molecule has 0 aliphatic heterocycles. The molecule has 0 unspecified atom stereocenters. The number of fused-ring (bicyclic) bond motifs is 2. The maximum atomic E-state index is 11.6. The fraction of sp³-hybridized carbons (Fsp3) is 0.250. The lowest BCUT2D eigenvalue weighted by molar-refractivity contribution is -0.383. The molecule has 0 atom stereocenters. The zero-order valence-electron chi connectivity index (χ0n) is 31.3. The molecule has 0 spiro atoms. The molecule has 55 heavy (non-hydrogen) atoms. The van der Waals surface area contributed by atoms with Gasteiger partial charge < -0.3 is 25.3 Å². The normalized spacial score (nSPS) is 10.1. The van der Waals surface area contributed by atoms with Crippen molar-refractivity contribution in [2.45, 2.75) is 53.8 Å². The van der Waals surface area contributed by atoms with Crippen LogP contribution in [0.25, 0.3) is 21.8 Å². The van der Waals surface area contributed by atoms with Crippen LogP contribution < -0.4 is 20.5 Å². The molecule has 6 rings (SSSR count). The van der Waals surface area contributed by atoms with Gasteiger partial charge in [-0.15, -0.1) is 0 Å². The van der Waals surface area contributed by atoms with Crippen molar-refractivity contribution in [3.63, 3.8) is 0 Å². The number of hydrogen-bond donors (Lipinski definition) is 2. The van der Waals surface area contributed by atoms with Gasteiger partial charge in [0.05, 0.1) is 10.3 Å². The highest BCUT2D eigenvalue weighted by Gasteiger charge is 2.16. The SMILES string of the molecule is CCC.CCC(=O)Cl.COCC(=O)Nc1cc(COc2ccc(C)c3cccnc23)ccn1.Nc1cc(COc2ccc([N+](=O)[O-])c3cccnc23)ccn1. The van der Waals surface area contributed by atoms with E-state index in [9.17, 15) is 19.7 Å². The highest BCUT2D eigenvalue weighted by Crippen LogP contribution is 2.32. The molecule has 0 saturated carbocycles. The van der Waals surface area contributed by atoms with Crippen molar-refractivity contribution in [3.05, 3.63) is 124 Å². The molecule has 0 radical (unpaired) electrons. The minimum Gasteiger partial charge on any atom is -0.487 e. The summed E-state index contributed by atoms with van der Waals surface area (Å²) in [4.78, 5) is 48.4. The molecule has 14 nitrogen and oxygen atoms in total. The summed E-state index contributed by atoms with van der Waals surface area (Å²) in [6, 6.07) is 21.3. The van der Waals surface area contributed by atoms with Gasteiger partial charge >= 0.3 is 0 Å². The van der Waals surface area contributed by atoms with Crippen LogP contribution >= 0.6 is 11.6 Å². The van der Waals surface area contributed by atoms with E-state index < -0.39 is 4.92 Å². The van der Waals surface area contributed by atoms with Crippen molar-refractivity contribution < 1.29 is 28.7 Å². The Morgan fingerprint density at radius 2 is 1.35 bits per heavy atom. The second kappa shape index (κ2) is 22.7. The third-order valence-electron chi connectivity index (χ3n) is 7.14. The van der Waals surface area contributed by atoms with Gasteiger partial charge in [0, 0.05) is 49.8 Å². The van der Waals surface area contributed by atoms with Crippen LogP contribution in [0.4, 0.5) is 17.3 Å². The van der Waals surface area contributed by atoms with Crippen LogP contribution in [-0.2, 0) is 27.5 Å². The lowest BCUT2D eigenvalue weighted by Crippen LogP contribution is -2.18. The number of carbonyl (C=O) groups is 2. The van der Waals surface area contributed by atoms with E-state index in [1.54, 1.807) is 68.1 Å². The van der Waals surface area contributed by atoms with Crippen LogP contribution in [0.3, 0.4) is 0 Å². The van der Waals surface area contributed by atoms with Crippen LogP contribution in [0.2, 0.25) is 0 Å². The maximum absolute atomic E-state index is 11.6. The summed E-state index contributed by atoms with van der Waals surface area (Å²) < 4.78 is 16.5. The second-order valence-electron chi connectivity index (χ2n) is 11.6. The molecule has 6 aromatic rings. The van der Waals surface area contributed by atoms with Gasteiger partial charge in [-0.1, -0.05) is 39.3 Å². The number of halogens is 1. The number of anilines is 2. The predicted octanol–water partition coefficient (Wildman–Crippen LogP) is 8.38. The average Bonchev–Trinajstić information content (AvgIpc) is 3.18. The van der Waals surface area contributed by atoms with Crippen LogP contribution in [0, 0.1) is 17.0 Å². The third-order valence-corrected chi connectivity index (χ3v) is 7.40. The van der Waals surface area contributed by atoms with E-state index in [2.05, 4.69) is 39.1 Å². The Balaban J connectivity index is 0.000000249. The smallest absolute Gasteiger partial charge is 0.279 e. The summed E-state index contributed by atoms with van der Waals surface area (Å²) in [7, 11) is 1.47. The van der Waals surface area contributed by atoms with E-state index in [4.69, 9.17) is 31.5 Å². The molecule has 0 fully saturated rings. The number of nitrogens with zero attached hydrogens (tertiary/aromatic N) is 5. The Morgan fingerprint density at radius 1 is 0.800 bits per heavy atom. The lowest BCUT2D eigenvalue weighted by atomic mass is 10.1. The predicted molar refractivity (Wildman–Crippen MR) is 214 cm³/mol. The van der Waals surface area contributed by atoms with Gasteiger partial charge in [0.1, 0.15) is 54.0 Å². The van der Waals surface area contributed by atoms with Crippen molar-refractivity contribution in [2.75, 3.05) is 24.8 Å². The number of nitrogens with two attached hydrogens (primary N) is 1. The molecule has 0 bridgehead atoms. The number of aryl methyl sites for hydroxylation is 1. The first-order valence-corrected chi connectivity index (χ1v) is 17.6. The molecule has 2 aromatic carbocycles. The number of rotatable bonds is 11. The standard InChI is InChI=1S/C19H19N3O3.C15H12N4O3.C3H5ClO.C3H8/c1-13-5-6-16(19-15(13)4-3-8-21-19)25-11-14-7-9-20-17(10-14)22-18(23)12-24-2;16-14-8-10(5-7-17-14)9-22-13-4-3-12(19(20)21)11-2-1-6-18-15(11)13;1-2-3(4)5;1-3-2/h3-10H,11-12H2,1-2H3,(H,20,22,23);1-8H,9H2,(H2,16,17);2H2,1H3;3H2,1-2H3. The summed E-state index contributed by atoms with van der Waals surface area (Å²) >= 11 is 4.82. The number of benzene rings is 2. The van der Waals surface area contributed by atoms with Crippen LogP contribution in [0.1, 0.15) is 50.3 Å². The fourth-order valence-electron chi connectivity index (χ4n) is 4.66. The van der Waals surface area contributed by atoms with Crippen molar-refractivity contribution in [1.29, 1.82) is 0 Å². The Hall–Kier alpha value is -6.25. The monoisotopic (exact) mass is 769 g/mol. The summed E-state index contributed by atoms with van der Waals surface area (Å²) in [5, 5.41) is 15.0. The fourth-order valence-corrected chi connectivity index (χ4v) is 4.66. The number of aromatic nitrogens is 4. The number of nitrogens with one attached hydrogen (secondary N) is 1. The minimum atomic E-state index is -0.433. The first-order chi connectivity index (χ1) is 26.5. The van der Waals surface area contributed by atoms with Crippen molar-refractivity contribution in [1.82, 2.24) is 19.9 Å². The van der Waals surface area contributed by atoms with Gasteiger partial charge in [0.2, 0.25) is 5.24 Å². The zero-order chi connectivity index (χ0) is 40.2. The van der Waals surface area contributed by atoms with Crippen molar-refractivity contribution >= 4 is 61.9 Å². The van der Waals surface area contributed by atoms with Gasteiger partial charge in [-0.25, -0.2) is 9.97 Å². The molecular weight excluding hydrogens is 726 g/mol.